The number of carbonyl (C=O) groups excluding carboxylic acids is 2. The molecule has 7 atom stereocenters. The number of amides is 2. The molecule has 59 heavy (non-hydrogen) atoms. The zero-order chi connectivity index (χ0) is 43.6. The van der Waals surface area contributed by atoms with Gasteiger partial charge in [-0.1, -0.05) is 49.2 Å². The quantitative estimate of drug-likeness (QED) is 0.162. The average Bonchev–Trinajstić information content (AvgIpc) is 3.75. The Kier molecular flexibility index (Phi) is 12.7. The number of anilines is 1. The van der Waals surface area contributed by atoms with Gasteiger partial charge in [0.25, 0.3) is 5.91 Å². The zero-order valence-corrected chi connectivity index (χ0v) is 37.5. The van der Waals surface area contributed by atoms with Gasteiger partial charge in [0.05, 0.1) is 31.5 Å². The van der Waals surface area contributed by atoms with E-state index in [4.69, 9.17) is 51.3 Å². The van der Waals surface area contributed by atoms with Gasteiger partial charge in [-0.3, -0.25) is 4.79 Å². The Morgan fingerprint density at radius 1 is 0.983 bits per heavy atom. The molecule has 3 fully saturated rings. The molecule has 3 aliphatic rings. The molecule has 0 unspecified atom stereocenters. The summed E-state index contributed by atoms with van der Waals surface area (Å²) in [6, 6.07) is 4.59. The van der Waals surface area contributed by atoms with Gasteiger partial charge in [-0.05, 0) is 83.1 Å². The van der Waals surface area contributed by atoms with Crippen LogP contribution in [-0.2, 0) is 32.9 Å². The summed E-state index contributed by atoms with van der Waals surface area (Å²) in [5.74, 6) is -6.11. The van der Waals surface area contributed by atoms with Gasteiger partial charge < -0.3 is 37.9 Å². The molecule has 3 aromatic rings. The van der Waals surface area contributed by atoms with Gasteiger partial charge in [0.1, 0.15) is 35.6 Å². The van der Waals surface area contributed by atoms with Crippen molar-refractivity contribution in [2.24, 2.45) is 0 Å². The minimum atomic E-state index is -2.56. The van der Waals surface area contributed by atoms with Crippen LogP contribution in [0.1, 0.15) is 61.4 Å². The normalized spacial score (nSPS) is 26.1. The molecule has 0 bridgehead atoms. The third-order valence-corrected chi connectivity index (χ3v) is 16.1. The van der Waals surface area contributed by atoms with Crippen LogP contribution in [0, 0.1) is 17.5 Å². The number of rotatable bonds is 8. The second-order valence-corrected chi connectivity index (χ2v) is 23.8. The lowest BCUT2D eigenvalue weighted by molar-refractivity contribution is -0.346. The second-order valence-electron chi connectivity index (χ2n) is 18.1. The van der Waals surface area contributed by atoms with E-state index in [1.54, 1.807) is 46.8 Å². The Morgan fingerprint density at radius 3 is 2.19 bits per heavy atom. The van der Waals surface area contributed by atoms with Crippen molar-refractivity contribution in [2.75, 3.05) is 31.7 Å². The number of benzene rings is 2. The summed E-state index contributed by atoms with van der Waals surface area (Å²) >= 11 is 13.2. The van der Waals surface area contributed by atoms with Crippen LogP contribution in [0.4, 0.5) is 23.7 Å². The number of ether oxygens (including phenoxy) is 5. The van der Waals surface area contributed by atoms with Gasteiger partial charge in [0.2, 0.25) is 0 Å². The smallest absolute Gasteiger partial charge is 0.410 e. The standard InChI is InChI=1S/C40H52Cl2F3N5O8Si/c1-38(2,3)57-37(52)48-18-28(29(19-48)58-59(10,11)39(4,5)6)50(24-15-22(41)14-23(42)16-24)36(51)35-34(53-9)32(33-30(55-35)20-54-40(7,8)56-33)49-17-27(46-47-49)21-12-25(43)31(45)26(44)13-21/h12-17,28-30,32-35H,18-20H2,1-11H3/t28-,29-,30+,32-,33-,34+,35+/m0/s1. The summed E-state index contributed by atoms with van der Waals surface area (Å²) < 4.78 is 81.9. The van der Waals surface area contributed by atoms with Crippen LogP contribution in [0.15, 0.2) is 36.5 Å². The molecule has 4 heterocycles. The molecule has 6 rings (SSSR count). The fourth-order valence-corrected chi connectivity index (χ4v) is 9.18. The third kappa shape index (κ3) is 9.62. The summed E-state index contributed by atoms with van der Waals surface area (Å²) in [5.41, 5.74) is -0.541. The first-order valence-electron chi connectivity index (χ1n) is 19.3. The Balaban J connectivity index is 1.46. The molecule has 2 amide bonds. The molecule has 19 heteroatoms. The lowest BCUT2D eigenvalue weighted by Crippen LogP contribution is -2.66. The van der Waals surface area contributed by atoms with E-state index in [-0.39, 0.29) is 46.0 Å². The van der Waals surface area contributed by atoms with Crippen LogP contribution >= 0.6 is 23.2 Å². The van der Waals surface area contributed by atoms with Crippen molar-refractivity contribution in [3.63, 3.8) is 0 Å². The molecule has 2 aromatic carbocycles. The number of halogens is 5. The molecular weight excluding hydrogens is 834 g/mol. The van der Waals surface area contributed by atoms with Gasteiger partial charge in [0.15, 0.2) is 37.7 Å². The van der Waals surface area contributed by atoms with Gasteiger partial charge in [-0.2, -0.15) is 0 Å². The summed E-state index contributed by atoms with van der Waals surface area (Å²) in [7, 11) is -1.16. The van der Waals surface area contributed by atoms with Gasteiger partial charge in [-0.25, -0.2) is 22.6 Å². The molecule has 324 valence electrons. The van der Waals surface area contributed by atoms with Crippen LogP contribution in [-0.4, -0.2) is 115 Å². The molecule has 13 nitrogen and oxygen atoms in total. The fourth-order valence-electron chi connectivity index (χ4n) is 7.32. The Bertz CT molecular complexity index is 2020. The SMILES string of the molecule is CO[C@@H]1[C@@H](n2cc(-c3cc(F)c(F)c(F)c3)nn2)[C@H]2OC(C)(C)OC[C@H]2O[C@H]1C(=O)N(c1cc(Cl)cc(Cl)c1)[C@H]1CN(C(=O)OC(C)(C)C)C[C@@H]1O[Si](C)(C)C(C)(C)C. The van der Waals surface area contributed by atoms with Crippen LogP contribution < -0.4 is 4.90 Å². The van der Waals surface area contributed by atoms with Gasteiger partial charge in [-0.15, -0.1) is 5.10 Å². The Morgan fingerprint density at radius 2 is 1.61 bits per heavy atom. The molecular formula is C40H52Cl2F3N5O8Si. The second kappa shape index (κ2) is 16.5. The fraction of sp³-hybridized carbons (Fsp3) is 0.600. The van der Waals surface area contributed by atoms with Crippen molar-refractivity contribution < 1.29 is 50.9 Å². The van der Waals surface area contributed by atoms with E-state index in [1.165, 1.54) is 33.9 Å². The lowest BCUT2D eigenvalue weighted by atomic mass is 9.90. The number of methoxy groups -OCH3 is 1. The molecule has 3 saturated heterocycles. The number of hydrogen-bond acceptors (Lipinski definition) is 10. The van der Waals surface area contributed by atoms with Crippen LogP contribution in [0.25, 0.3) is 11.3 Å². The Hall–Kier alpha value is -3.29. The van der Waals surface area contributed by atoms with Crippen molar-refractivity contribution in [3.05, 3.63) is 64.0 Å². The minimum Gasteiger partial charge on any atom is -0.444 e. The first kappa shape index (κ1) is 45.2. The molecule has 0 aliphatic carbocycles. The molecule has 0 spiro atoms. The minimum absolute atomic E-state index is 0.000269. The Labute approximate surface area is 353 Å². The van der Waals surface area contributed by atoms with Crippen molar-refractivity contribution in [1.29, 1.82) is 0 Å². The number of carbonyl (C=O) groups is 2. The topological polar surface area (TPSA) is 127 Å². The van der Waals surface area contributed by atoms with Crippen LogP contribution in [0.2, 0.25) is 28.2 Å². The highest BCUT2D eigenvalue weighted by Gasteiger charge is 2.57. The first-order valence-corrected chi connectivity index (χ1v) is 23.0. The number of fused-ring (bicyclic) bond motifs is 1. The van der Waals surface area contributed by atoms with E-state index in [2.05, 4.69) is 44.2 Å². The van der Waals surface area contributed by atoms with Gasteiger partial charge >= 0.3 is 6.09 Å². The summed E-state index contributed by atoms with van der Waals surface area (Å²) in [4.78, 5) is 32.3. The van der Waals surface area contributed by atoms with E-state index in [0.29, 0.717) is 5.69 Å². The molecule has 0 N–H and O–H groups in total. The van der Waals surface area contributed by atoms with E-state index in [9.17, 15) is 18.0 Å². The van der Waals surface area contributed by atoms with Crippen molar-refractivity contribution in [1.82, 2.24) is 19.9 Å². The number of likely N-dealkylation sites (tertiary alicyclic amines) is 1. The van der Waals surface area contributed by atoms with E-state index in [1.807, 2.05) is 0 Å². The number of hydrogen-bond donors (Lipinski definition) is 0. The highest BCUT2D eigenvalue weighted by Crippen LogP contribution is 2.43. The third-order valence-electron chi connectivity index (χ3n) is 11.1. The van der Waals surface area contributed by atoms with Crippen molar-refractivity contribution in [3.8, 4) is 11.3 Å². The molecule has 0 saturated carbocycles. The maximum absolute atomic E-state index is 15.6. The van der Waals surface area contributed by atoms with E-state index in [0.717, 1.165) is 12.1 Å². The highest BCUT2D eigenvalue weighted by atomic mass is 35.5. The number of aromatic nitrogens is 3. The zero-order valence-electron chi connectivity index (χ0n) is 35.0. The summed E-state index contributed by atoms with van der Waals surface area (Å²) in [5, 5.41) is 8.72. The largest absolute Gasteiger partial charge is 0.444 e. The predicted molar refractivity (Wildman–Crippen MR) is 216 cm³/mol. The molecule has 3 aliphatic heterocycles. The molecule has 0 radical (unpaired) electrons. The van der Waals surface area contributed by atoms with Crippen molar-refractivity contribution >= 4 is 49.2 Å². The lowest BCUT2D eigenvalue weighted by Gasteiger charge is -2.51. The number of nitrogens with zero attached hydrogens (tertiary/aromatic N) is 5. The highest BCUT2D eigenvalue weighted by molar-refractivity contribution is 6.74. The predicted octanol–water partition coefficient (Wildman–Crippen LogP) is 8.19. The monoisotopic (exact) mass is 885 g/mol. The maximum atomic E-state index is 15.6. The first-order chi connectivity index (χ1) is 27.3. The summed E-state index contributed by atoms with van der Waals surface area (Å²) in [6.45, 7) is 19.4. The van der Waals surface area contributed by atoms with Gasteiger partial charge in [0, 0.05) is 35.0 Å². The van der Waals surface area contributed by atoms with Crippen LogP contribution in [0.3, 0.4) is 0 Å². The van der Waals surface area contributed by atoms with Crippen molar-refractivity contribution in [2.45, 2.75) is 128 Å². The molecule has 1 aromatic heterocycles. The average molecular weight is 887 g/mol. The van der Waals surface area contributed by atoms with E-state index < -0.39 is 91.8 Å². The van der Waals surface area contributed by atoms with Crippen LogP contribution in [0.5, 0.6) is 0 Å². The van der Waals surface area contributed by atoms with E-state index >= 15 is 4.79 Å². The summed E-state index contributed by atoms with van der Waals surface area (Å²) in [6.07, 6.45) is -4.12. The maximum Gasteiger partial charge on any atom is 0.410 e.